The Kier molecular flexibility index (Phi) is 4.10. The smallest absolute Gasteiger partial charge is 0.263 e. The first kappa shape index (κ1) is 18.4. The molecule has 1 N–H and O–H groups in total. The average molecular weight is 452 g/mol. The van der Waals surface area contributed by atoms with Gasteiger partial charge in [0.15, 0.2) is 5.54 Å². The number of aromatic amines is 1. The van der Waals surface area contributed by atoms with Gasteiger partial charge in [-0.2, -0.15) is 0 Å². The van der Waals surface area contributed by atoms with Crippen molar-refractivity contribution in [3.8, 4) is 0 Å². The third kappa shape index (κ3) is 2.32. The predicted molar refractivity (Wildman–Crippen MR) is 117 cm³/mol. The molecule has 3 aromatic rings. The largest absolute Gasteiger partial charge is 0.355 e. The van der Waals surface area contributed by atoms with Gasteiger partial charge >= 0.3 is 0 Å². The van der Waals surface area contributed by atoms with E-state index < -0.39 is 5.54 Å². The Labute approximate surface area is 177 Å². The van der Waals surface area contributed by atoms with Crippen molar-refractivity contribution in [3.05, 3.63) is 63.8 Å². The predicted octanol–water partition coefficient (Wildman–Crippen LogP) is 4.34. The lowest BCUT2D eigenvalue weighted by Crippen LogP contribution is -2.58. The van der Waals surface area contributed by atoms with Crippen LogP contribution in [0, 0.1) is 0 Å². The normalized spacial score (nSPS) is 20.4. The molecular formula is C23H22BrN3O2. The molecule has 1 spiro atoms. The van der Waals surface area contributed by atoms with Gasteiger partial charge in [0.2, 0.25) is 5.91 Å². The summed E-state index contributed by atoms with van der Waals surface area (Å²) in [4.78, 5) is 34.0. The monoisotopic (exact) mass is 451 g/mol. The number of nitrogens with zero attached hydrogens (tertiary/aromatic N) is 2. The first-order valence-corrected chi connectivity index (χ1v) is 10.8. The van der Waals surface area contributed by atoms with Crippen molar-refractivity contribution in [1.29, 1.82) is 0 Å². The summed E-state index contributed by atoms with van der Waals surface area (Å²) < 4.78 is 0.897. The standard InChI is InChI=1S/C23H22BrN3O2/c1-3-11-26-20-9-8-15(24)13-18(20)23(22(26)29)21-17(10-12-27(23)14(2)28)16-6-4-5-7-19(16)25-21/h4-9,13,25H,3,10-12H2,1-2H3/t23-/m0/s1. The van der Waals surface area contributed by atoms with E-state index in [1.807, 2.05) is 41.3 Å². The molecule has 2 aliphatic heterocycles. The number of rotatable bonds is 2. The van der Waals surface area contributed by atoms with Crippen molar-refractivity contribution in [3.63, 3.8) is 0 Å². The van der Waals surface area contributed by atoms with E-state index in [0.29, 0.717) is 13.1 Å². The first-order chi connectivity index (χ1) is 14.0. The number of H-pyrrole nitrogens is 1. The molecule has 0 radical (unpaired) electrons. The van der Waals surface area contributed by atoms with Crippen LogP contribution in [-0.2, 0) is 21.5 Å². The molecule has 2 aliphatic rings. The first-order valence-electron chi connectivity index (χ1n) is 10.0. The van der Waals surface area contributed by atoms with Crippen LogP contribution in [0.5, 0.6) is 0 Å². The lowest BCUT2D eigenvalue weighted by Gasteiger charge is -2.43. The van der Waals surface area contributed by atoms with E-state index >= 15 is 0 Å². The van der Waals surface area contributed by atoms with Gasteiger partial charge in [-0.15, -0.1) is 0 Å². The van der Waals surface area contributed by atoms with Crippen molar-refractivity contribution < 1.29 is 9.59 Å². The minimum atomic E-state index is -1.15. The van der Waals surface area contributed by atoms with Crippen molar-refractivity contribution in [2.75, 3.05) is 18.0 Å². The van der Waals surface area contributed by atoms with E-state index in [0.717, 1.165) is 50.7 Å². The molecule has 1 aromatic heterocycles. The number of nitrogens with one attached hydrogen (secondary N) is 1. The van der Waals surface area contributed by atoms with E-state index in [4.69, 9.17) is 0 Å². The number of anilines is 1. The van der Waals surface area contributed by atoms with Gasteiger partial charge in [-0.3, -0.25) is 9.59 Å². The third-order valence-electron chi connectivity index (χ3n) is 6.19. The van der Waals surface area contributed by atoms with Gasteiger partial charge in [0, 0.05) is 41.0 Å². The number of carbonyl (C=O) groups excluding carboxylic acids is 2. The fraction of sp³-hybridized carbons (Fsp3) is 0.304. The van der Waals surface area contributed by atoms with Crippen molar-refractivity contribution in [2.24, 2.45) is 0 Å². The summed E-state index contributed by atoms with van der Waals surface area (Å²) in [6.07, 6.45) is 1.57. The van der Waals surface area contributed by atoms with E-state index in [2.05, 4.69) is 33.9 Å². The highest BCUT2D eigenvalue weighted by molar-refractivity contribution is 9.10. The molecule has 2 aromatic carbocycles. The summed E-state index contributed by atoms with van der Waals surface area (Å²) in [6, 6.07) is 14.1. The Balaban J connectivity index is 1.90. The zero-order valence-corrected chi connectivity index (χ0v) is 18.0. The quantitative estimate of drug-likeness (QED) is 0.629. The van der Waals surface area contributed by atoms with Crippen molar-refractivity contribution >= 4 is 44.3 Å². The van der Waals surface area contributed by atoms with E-state index in [-0.39, 0.29) is 11.8 Å². The summed E-state index contributed by atoms with van der Waals surface area (Å²) in [5, 5.41) is 1.13. The van der Waals surface area contributed by atoms with Gasteiger partial charge in [-0.05, 0) is 42.7 Å². The molecule has 0 fully saturated rings. The van der Waals surface area contributed by atoms with Crippen LogP contribution >= 0.6 is 15.9 Å². The average Bonchev–Trinajstić information content (AvgIpc) is 3.19. The second-order valence-electron chi connectivity index (χ2n) is 7.77. The highest BCUT2D eigenvalue weighted by Crippen LogP contribution is 2.52. The second kappa shape index (κ2) is 6.46. The number of para-hydroxylation sites is 1. The zero-order chi connectivity index (χ0) is 20.3. The van der Waals surface area contributed by atoms with E-state index in [1.165, 1.54) is 0 Å². The molecule has 0 aliphatic carbocycles. The molecule has 5 rings (SSSR count). The Bertz CT molecular complexity index is 1170. The van der Waals surface area contributed by atoms with Gasteiger partial charge in [0.05, 0.1) is 11.4 Å². The Morgan fingerprint density at radius 1 is 1.24 bits per heavy atom. The molecule has 3 heterocycles. The molecule has 29 heavy (non-hydrogen) atoms. The molecule has 0 saturated heterocycles. The summed E-state index contributed by atoms with van der Waals surface area (Å²) in [5.41, 5.74) is 3.58. The van der Waals surface area contributed by atoms with Crippen LogP contribution in [0.2, 0.25) is 0 Å². The number of carbonyl (C=O) groups is 2. The number of aromatic nitrogens is 1. The van der Waals surface area contributed by atoms with Crippen molar-refractivity contribution in [1.82, 2.24) is 9.88 Å². The molecule has 2 amide bonds. The molecule has 6 heteroatoms. The minimum absolute atomic E-state index is 0.0462. The topological polar surface area (TPSA) is 56.4 Å². The van der Waals surface area contributed by atoms with Crippen LogP contribution < -0.4 is 4.90 Å². The number of hydrogen-bond acceptors (Lipinski definition) is 2. The fourth-order valence-electron chi connectivity index (χ4n) is 5.09. The van der Waals surface area contributed by atoms with Crippen LogP contribution in [0.15, 0.2) is 46.9 Å². The zero-order valence-electron chi connectivity index (χ0n) is 16.5. The number of fused-ring (bicyclic) bond motifs is 6. The molecule has 0 saturated carbocycles. The Morgan fingerprint density at radius 2 is 2.03 bits per heavy atom. The van der Waals surface area contributed by atoms with E-state index in [9.17, 15) is 9.59 Å². The number of halogens is 1. The maximum absolute atomic E-state index is 14.1. The molecule has 148 valence electrons. The summed E-state index contributed by atoms with van der Waals surface area (Å²) in [6.45, 7) is 4.76. The summed E-state index contributed by atoms with van der Waals surface area (Å²) in [7, 11) is 0. The van der Waals surface area contributed by atoms with Crippen LogP contribution in [0.25, 0.3) is 10.9 Å². The Hall–Kier alpha value is -2.60. The third-order valence-corrected chi connectivity index (χ3v) is 6.68. The van der Waals surface area contributed by atoms with E-state index in [1.54, 1.807) is 11.8 Å². The molecule has 0 unspecified atom stereocenters. The second-order valence-corrected chi connectivity index (χ2v) is 8.69. The minimum Gasteiger partial charge on any atom is -0.355 e. The highest BCUT2D eigenvalue weighted by atomic mass is 79.9. The maximum atomic E-state index is 14.1. The number of benzene rings is 2. The number of hydrogen-bond donors (Lipinski definition) is 1. The summed E-state index contributed by atoms with van der Waals surface area (Å²) >= 11 is 3.58. The number of amides is 2. The van der Waals surface area contributed by atoms with Crippen molar-refractivity contribution in [2.45, 2.75) is 32.2 Å². The lowest BCUT2D eigenvalue weighted by atomic mass is 9.80. The molecular weight excluding hydrogens is 430 g/mol. The van der Waals surface area contributed by atoms with Gasteiger partial charge in [-0.25, -0.2) is 0 Å². The van der Waals surface area contributed by atoms with Crippen LogP contribution in [0.1, 0.15) is 37.1 Å². The Morgan fingerprint density at radius 3 is 2.79 bits per heavy atom. The van der Waals surface area contributed by atoms with Gasteiger partial charge in [0.25, 0.3) is 5.91 Å². The van der Waals surface area contributed by atoms with Gasteiger partial charge in [-0.1, -0.05) is 41.1 Å². The molecule has 5 nitrogen and oxygen atoms in total. The van der Waals surface area contributed by atoms with Crippen LogP contribution in [-0.4, -0.2) is 34.8 Å². The highest BCUT2D eigenvalue weighted by Gasteiger charge is 2.60. The molecule has 1 atom stereocenters. The summed E-state index contributed by atoms with van der Waals surface area (Å²) in [5.74, 6) is -0.137. The molecule has 0 bridgehead atoms. The van der Waals surface area contributed by atoms with Crippen LogP contribution in [0.3, 0.4) is 0 Å². The maximum Gasteiger partial charge on any atom is 0.263 e. The SMILES string of the molecule is CCCN1C(=O)[C@]2(c3cc(Br)ccc31)c1[nH]c3ccccc3c1CCN2C(C)=O. The fourth-order valence-corrected chi connectivity index (χ4v) is 5.45. The van der Waals surface area contributed by atoms with Gasteiger partial charge in [0.1, 0.15) is 0 Å². The lowest BCUT2D eigenvalue weighted by molar-refractivity contribution is -0.143. The van der Waals surface area contributed by atoms with Gasteiger partial charge < -0.3 is 14.8 Å². The van der Waals surface area contributed by atoms with Crippen LogP contribution in [0.4, 0.5) is 5.69 Å².